The molecule has 0 unspecified atom stereocenters. The number of rotatable bonds is 0. The summed E-state index contributed by atoms with van der Waals surface area (Å²) in [5.41, 5.74) is 0. The second-order valence-corrected chi connectivity index (χ2v) is 2.76. The zero-order valence-electron chi connectivity index (χ0n) is 3.97. The van der Waals surface area contributed by atoms with Crippen molar-refractivity contribution in [3.63, 3.8) is 0 Å². The molecular formula is C4H8N2Ru. The first-order valence-electron chi connectivity index (χ1n) is 2.13. The molecule has 1 aliphatic rings. The quantitative estimate of drug-likeness (QED) is 0.462. The Morgan fingerprint density at radius 2 is 2.00 bits per heavy atom. The molecule has 2 nitrogen and oxygen atoms in total. The van der Waals surface area contributed by atoms with Crippen LogP contribution < -0.4 is 10.6 Å². The summed E-state index contributed by atoms with van der Waals surface area (Å²) in [6.45, 7) is 2.17. The summed E-state index contributed by atoms with van der Waals surface area (Å²) in [5, 5.41) is 10.2. The molecule has 0 saturated carbocycles. The third kappa shape index (κ3) is 1.34. The van der Waals surface area contributed by atoms with Crippen LogP contribution in [0.1, 0.15) is 0 Å². The summed E-state index contributed by atoms with van der Waals surface area (Å²) < 4.78 is 1.27. The fraction of sp³-hybridized carbons (Fsp3) is 0.500. The predicted octanol–water partition coefficient (Wildman–Crippen LogP) is -1.22. The molecule has 0 bridgehead atoms. The summed E-state index contributed by atoms with van der Waals surface area (Å²) in [6, 6.07) is 0. The fourth-order valence-electron chi connectivity index (χ4n) is 0.489. The molecule has 1 heterocycles. The van der Waals surface area contributed by atoms with Crippen molar-refractivity contribution in [2.75, 3.05) is 13.1 Å². The molecule has 7 heavy (non-hydrogen) atoms. The summed E-state index contributed by atoms with van der Waals surface area (Å²) in [5.74, 6) is 0. The van der Waals surface area contributed by atoms with Gasteiger partial charge >= 0.3 is 49.4 Å². The second-order valence-electron chi connectivity index (χ2n) is 1.28. The molecule has 0 aromatic heterocycles. The number of hydrogen-bond donors (Lipinski definition) is 2. The van der Waals surface area contributed by atoms with E-state index in [9.17, 15) is 0 Å². The van der Waals surface area contributed by atoms with E-state index >= 15 is 0 Å². The van der Waals surface area contributed by atoms with E-state index in [1.165, 1.54) is 4.35 Å². The van der Waals surface area contributed by atoms with Crippen molar-refractivity contribution in [1.29, 1.82) is 0 Å². The van der Waals surface area contributed by atoms with Crippen molar-refractivity contribution in [1.82, 2.24) is 10.6 Å². The molecule has 0 aliphatic carbocycles. The molecule has 1 fully saturated rings. The van der Waals surface area contributed by atoms with Crippen molar-refractivity contribution >= 4 is 9.47 Å². The van der Waals surface area contributed by atoms with Gasteiger partial charge in [0.25, 0.3) is 0 Å². The van der Waals surface area contributed by atoms with Crippen LogP contribution >= 0.6 is 0 Å². The standard InChI is InChI=1S/C3H6N2.CH2.Ru/c1-2-5-3-4-1;;/h4-5H,1-2H2;1H2;. The summed E-state index contributed by atoms with van der Waals surface area (Å²) in [7, 11) is 0. The van der Waals surface area contributed by atoms with Crippen LogP contribution in [-0.4, -0.2) is 22.6 Å². The molecule has 1 aliphatic heterocycles. The third-order valence-corrected chi connectivity index (χ3v) is 2.03. The Labute approximate surface area is 49.9 Å². The maximum absolute atomic E-state index is 3.80. The Balaban J connectivity index is 2.57. The number of nitrogens with one attached hydrogen (secondary N) is 2. The zero-order chi connectivity index (χ0) is 5.11. The van der Waals surface area contributed by atoms with E-state index in [1.807, 2.05) is 0 Å². The summed E-state index contributed by atoms with van der Waals surface area (Å²) in [4.78, 5) is 0. The van der Waals surface area contributed by atoms with Gasteiger partial charge in [0, 0.05) is 0 Å². The third-order valence-electron chi connectivity index (χ3n) is 0.802. The van der Waals surface area contributed by atoms with Gasteiger partial charge in [-0.25, -0.2) is 0 Å². The van der Waals surface area contributed by atoms with Gasteiger partial charge in [-0.05, 0) is 0 Å². The molecule has 0 amide bonds. The molecule has 0 aromatic carbocycles. The van der Waals surface area contributed by atoms with E-state index in [0.29, 0.717) is 0 Å². The second kappa shape index (κ2) is 2.56. The topological polar surface area (TPSA) is 24.1 Å². The first-order chi connectivity index (χ1) is 3.43. The molecular weight excluding hydrogens is 177 g/mol. The molecule has 2 N–H and O–H groups in total. The van der Waals surface area contributed by atoms with E-state index in [4.69, 9.17) is 0 Å². The SMILES string of the molecule is [CH2]=[Ru]=[C]1NCCN1. The Hall–Kier alpha value is 0.283. The molecule has 0 aromatic rings. The van der Waals surface area contributed by atoms with Gasteiger partial charge in [-0.15, -0.1) is 0 Å². The van der Waals surface area contributed by atoms with E-state index in [1.54, 1.807) is 0 Å². The molecule has 0 radical (unpaired) electrons. The fourth-order valence-corrected chi connectivity index (χ4v) is 1.36. The first-order valence-corrected chi connectivity index (χ1v) is 4.23. The normalized spacial score (nSPS) is 20.9. The van der Waals surface area contributed by atoms with Crippen molar-refractivity contribution in [2.24, 2.45) is 0 Å². The van der Waals surface area contributed by atoms with Crippen LogP contribution in [0.3, 0.4) is 0 Å². The van der Waals surface area contributed by atoms with Gasteiger partial charge in [-0.2, -0.15) is 0 Å². The Morgan fingerprint density at radius 1 is 1.43 bits per heavy atom. The Morgan fingerprint density at radius 3 is 2.29 bits per heavy atom. The summed E-state index contributed by atoms with van der Waals surface area (Å²) in [6.07, 6.45) is 0. The van der Waals surface area contributed by atoms with Crippen molar-refractivity contribution < 1.29 is 16.2 Å². The van der Waals surface area contributed by atoms with Gasteiger partial charge in [-0.1, -0.05) is 0 Å². The monoisotopic (exact) mass is 186 g/mol. The Bertz CT molecular complexity index is 107. The predicted molar refractivity (Wildman–Crippen MR) is 28.1 cm³/mol. The van der Waals surface area contributed by atoms with Crippen LogP contribution in [-0.2, 0) is 16.2 Å². The molecule has 3 heteroatoms. The maximum atomic E-state index is 3.80. The molecule has 42 valence electrons. The molecule has 0 atom stereocenters. The van der Waals surface area contributed by atoms with Crippen LogP contribution in [0, 0.1) is 0 Å². The van der Waals surface area contributed by atoms with Crippen LogP contribution in [0.25, 0.3) is 0 Å². The average molecular weight is 185 g/mol. The van der Waals surface area contributed by atoms with Crippen LogP contribution in [0.5, 0.6) is 0 Å². The molecule has 1 saturated heterocycles. The molecule has 1 rings (SSSR count). The number of hydrogen-bond acceptors (Lipinski definition) is 2. The average Bonchev–Trinajstić information content (AvgIpc) is 2.14. The zero-order valence-corrected chi connectivity index (χ0v) is 5.71. The van der Waals surface area contributed by atoms with Crippen LogP contribution in [0.15, 0.2) is 0 Å². The molecule has 0 spiro atoms. The van der Waals surface area contributed by atoms with Crippen molar-refractivity contribution in [3.05, 3.63) is 0 Å². The van der Waals surface area contributed by atoms with Gasteiger partial charge in [0.05, 0.1) is 0 Å². The summed E-state index contributed by atoms with van der Waals surface area (Å²) >= 11 is 0.196. The van der Waals surface area contributed by atoms with Gasteiger partial charge in [0.15, 0.2) is 0 Å². The first kappa shape index (κ1) is 5.42. The van der Waals surface area contributed by atoms with Gasteiger partial charge in [0.2, 0.25) is 0 Å². The van der Waals surface area contributed by atoms with Gasteiger partial charge in [0.1, 0.15) is 0 Å². The van der Waals surface area contributed by atoms with E-state index in [2.05, 4.69) is 15.7 Å². The van der Waals surface area contributed by atoms with Gasteiger partial charge < -0.3 is 0 Å². The van der Waals surface area contributed by atoms with Gasteiger partial charge in [-0.3, -0.25) is 0 Å². The minimum absolute atomic E-state index is 0.196. The van der Waals surface area contributed by atoms with E-state index in [-0.39, 0.29) is 16.2 Å². The van der Waals surface area contributed by atoms with Crippen LogP contribution in [0.4, 0.5) is 0 Å². The van der Waals surface area contributed by atoms with Crippen molar-refractivity contribution in [2.45, 2.75) is 0 Å². The van der Waals surface area contributed by atoms with Crippen molar-refractivity contribution in [3.8, 4) is 0 Å². The van der Waals surface area contributed by atoms with Crippen LogP contribution in [0.2, 0.25) is 0 Å². The Kier molecular flexibility index (Phi) is 1.98. The van der Waals surface area contributed by atoms with E-state index < -0.39 is 0 Å². The minimum atomic E-state index is 0.196. The van der Waals surface area contributed by atoms with E-state index in [0.717, 1.165) is 13.1 Å².